The van der Waals surface area contributed by atoms with Crippen LogP contribution in [-0.2, 0) is 28.6 Å². The third-order valence-corrected chi connectivity index (χ3v) is 14.5. The molecule has 6 nitrogen and oxygen atoms in total. The molecule has 0 saturated carbocycles. The Morgan fingerprint density at radius 2 is 0.494 bits per heavy atom. The van der Waals surface area contributed by atoms with E-state index in [1.165, 1.54) is 167 Å². The second-order valence-corrected chi connectivity index (χ2v) is 22.3. The summed E-state index contributed by atoms with van der Waals surface area (Å²) in [6, 6.07) is 0. The van der Waals surface area contributed by atoms with Gasteiger partial charge in [-0.25, -0.2) is 0 Å². The first-order valence-electron chi connectivity index (χ1n) is 33.7. The van der Waals surface area contributed by atoms with Crippen molar-refractivity contribution >= 4 is 17.9 Å². The van der Waals surface area contributed by atoms with Crippen molar-refractivity contribution in [2.24, 2.45) is 0 Å². The molecule has 0 aromatic carbocycles. The van der Waals surface area contributed by atoms with Gasteiger partial charge in [0.05, 0.1) is 0 Å². The van der Waals surface area contributed by atoms with Crippen molar-refractivity contribution < 1.29 is 28.6 Å². The minimum absolute atomic E-state index is 0.0868. The van der Waals surface area contributed by atoms with E-state index < -0.39 is 6.10 Å². The molecule has 0 spiro atoms. The maximum Gasteiger partial charge on any atom is 0.306 e. The predicted octanol–water partition coefficient (Wildman–Crippen LogP) is 23.2. The van der Waals surface area contributed by atoms with Gasteiger partial charge in [0.15, 0.2) is 6.10 Å². The molecule has 0 fully saturated rings. The summed E-state index contributed by atoms with van der Waals surface area (Å²) in [6.45, 7) is 6.51. The van der Waals surface area contributed by atoms with E-state index in [4.69, 9.17) is 14.2 Å². The summed E-state index contributed by atoms with van der Waals surface area (Å²) in [6.07, 6.45) is 89.9. The lowest BCUT2D eigenvalue weighted by Crippen LogP contribution is -2.30. The average molecular weight is 1100 g/mol. The quantitative estimate of drug-likeness (QED) is 0.0261. The molecule has 0 aliphatic heterocycles. The largest absolute Gasteiger partial charge is 0.462 e. The normalized spacial score (nSPS) is 12.7. The topological polar surface area (TPSA) is 78.9 Å². The molecule has 0 bridgehead atoms. The van der Waals surface area contributed by atoms with Gasteiger partial charge in [-0.15, -0.1) is 0 Å². The Bertz CT molecular complexity index is 1540. The smallest absolute Gasteiger partial charge is 0.306 e. The van der Waals surface area contributed by atoms with Crippen molar-refractivity contribution in [3.05, 3.63) is 97.2 Å². The Hall–Kier alpha value is -3.67. The maximum absolute atomic E-state index is 12.9. The minimum Gasteiger partial charge on any atom is -0.462 e. The van der Waals surface area contributed by atoms with Gasteiger partial charge in [-0.1, -0.05) is 285 Å². The highest BCUT2D eigenvalue weighted by Gasteiger charge is 2.19. The molecule has 0 N–H and O–H groups in total. The minimum atomic E-state index is -0.793. The van der Waals surface area contributed by atoms with Crippen LogP contribution in [0.2, 0.25) is 0 Å². The summed E-state index contributed by atoms with van der Waals surface area (Å²) < 4.78 is 16.9. The van der Waals surface area contributed by atoms with Gasteiger partial charge in [0.1, 0.15) is 13.2 Å². The van der Waals surface area contributed by atoms with Crippen molar-refractivity contribution in [2.45, 2.75) is 335 Å². The van der Waals surface area contributed by atoms with Gasteiger partial charge in [-0.2, -0.15) is 0 Å². The standard InChI is InChI=1S/C73H126O6/c1-4-7-10-13-16-19-22-25-27-29-31-33-34-35-36-37-38-40-41-43-45-48-51-54-57-60-63-66-72(75)78-69-70(68-77-71(74)65-62-59-56-53-50-47-24-21-18-15-12-9-6-3)79-73(76)67-64-61-58-55-52-49-46-44-42-39-32-30-28-26-23-20-17-14-11-8-5-2/h8,11,17,20-22,24-26,28-29,31-32,39,44,46,70H,4-7,9-10,12-16,18-19,23,27,30,33-38,40-43,45,47-69H2,1-3H3/b11-8-,20-17-,24-21-,25-22-,28-26-,31-29-,39-32-,46-44-. The van der Waals surface area contributed by atoms with Crippen LogP contribution in [0.25, 0.3) is 0 Å². The molecule has 0 aliphatic rings. The zero-order valence-electron chi connectivity index (χ0n) is 52.1. The molecule has 0 heterocycles. The van der Waals surface area contributed by atoms with Crippen LogP contribution in [0.4, 0.5) is 0 Å². The molecule has 0 aromatic heterocycles. The molecule has 1 unspecified atom stereocenters. The lowest BCUT2D eigenvalue weighted by atomic mass is 10.0. The first kappa shape index (κ1) is 75.3. The Morgan fingerprint density at radius 1 is 0.266 bits per heavy atom. The third kappa shape index (κ3) is 65.0. The van der Waals surface area contributed by atoms with Gasteiger partial charge < -0.3 is 14.2 Å². The predicted molar refractivity (Wildman–Crippen MR) is 344 cm³/mol. The number of allylic oxidation sites excluding steroid dienone is 16. The number of ether oxygens (including phenoxy) is 3. The van der Waals surface area contributed by atoms with Crippen molar-refractivity contribution in [1.82, 2.24) is 0 Å². The van der Waals surface area contributed by atoms with Crippen LogP contribution >= 0.6 is 0 Å². The molecule has 0 radical (unpaired) electrons. The van der Waals surface area contributed by atoms with Gasteiger partial charge in [0, 0.05) is 19.3 Å². The molecule has 0 rings (SSSR count). The molecule has 0 saturated heterocycles. The van der Waals surface area contributed by atoms with Crippen LogP contribution in [0.3, 0.4) is 0 Å². The van der Waals surface area contributed by atoms with Crippen LogP contribution in [0, 0.1) is 0 Å². The zero-order valence-corrected chi connectivity index (χ0v) is 52.1. The lowest BCUT2D eigenvalue weighted by Gasteiger charge is -2.18. The number of hydrogen-bond donors (Lipinski definition) is 0. The van der Waals surface area contributed by atoms with E-state index in [-0.39, 0.29) is 31.1 Å². The third-order valence-electron chi connectivity index (χ3n) is 14.5. The fraction of sp³-hybridized carbons (Fsp3) is 0.740. The second kappa shape index (κ2) is 66.8. The summed E-state index contributed by atoms with van der Waals surface area (Å²) in [5.41, 5.74) is 0. The number of esters is 3. The van der Waals surface area contributed by atoms with Gasteiger partial charge in [0.2, 0.25) is 0 Å². The van der Waals surface area contributed by atoms with Gasteiger partial charge in [-0.05, 0) is 122 Å². The molecule has 1 atom stereocenters. The molecule has 0 aliphatic carbocycles. The van der Waals surface area contributed by atoms with Crippen molar-refractivity contribution in [3.8, 4) is 0 Å². The van der Waals surface area contributed by atoms with Gasteiger partial charge in [0.25, 0.3) is 0 Å². The first-order valence-corrected chi connectivity index (χ1v) is 33.7. The van der Waals surface area contributed by atoms with Crippen LogP contribution in [0.5, 0.6) is 0 Å². The van der Waals surface area contributed by atoms with Gasteiger partial charge >= 0.3 is 17.9 Å². The van der Waals surface area contributed by atoms with Crippen molar-refractivity contribution in [3.63, 3.8) is 0 Å². The van der Waals surface area contributed by atoms with E-state index in [2.05, 4.69) is 118 Å². The van der Waals surface area contributed by atoms with Crippen LogP contribution in [-0.4, -0.2) is 37.2 Å². The Morgan fingerprint density at radius 3 is 0.797 bits per heavy atom. The summed E-state index contributed by atoms with van der Waals surface area (Å²) in [5, 5.41) is 0. The summed E-state index contributed by atoms with van der Waals surface area (Å²) in [5.74, 6) is -0.903. The monoisotopic (exact) mass is 1100 g/mol. The van der Waals surface area contributed by atoms with E-state index >= 15 is 0 Å². The number of rotatable bonds is 61. The van der Waals surface area contributed by atoms with E-state index in [0.29, 0.717) is 19.3 Å². The van der Waals surface area contributed by atoms with Crippen LogP contribution < -0.4 is 0 Å². The molecule has 0 amide bonds. The van der Waals surface area contributed by atoms with Crippen LogP contribution in [0.15, 0.2) is 97.2 Å². The maximum atomic E-state index is 12.9. The van der Waals surface area contributed by atoms with Crippen LogP contribution in [0.1, 0.15) is 329 Å². The highest BCUT2D eigenvalue weighted by molar-refractivity contribution is 5.71. The van der Waals surface area contributed by atoms with E-state index in [9.17, 15) is 14.4 Å². The summed E-state index contributed by atoms with van der Waals surface area (Å²) in [4.78, 5) is 38.4. The number of unbranched alkanes of at least 4 members (excludes halogenated alkanes) is 34. The molecular formula is C73H126O6. The number of carbonyl (C=O) groups excluding carboxylic acids is 3. The lowest BCUT2D eigenvalue weighted by molar-refractivity contribution is -0.167. The van der Waals surface area contributed by atoms with Crippen molar-refractivity contribution in [1.29, 1.82) is 0 Å². The zero-order chi connectivity index (χ0) is 57.1. The molecule has 6 heteroatoms. The first-order chi connectivity index (χ1) is 39.0. The van der Waals surface area contributed by atoms with E-state index in [1.54, 1.807) is 0 Å². The fourth-order valence-corrected chi connectivity index (χ4v) is 9.50. The Kier molecular flexibility index (Phi) is 63.7. The SMILES string of the molecule is CC/C=C\C/C=C\C/C=C\C/C=C\C/C=C\CCCCCCCC(=O)OC(COC(=O)CCCCCCC/C=C\CCCCCC)COC(=O)CCCCCCCCCCCCCCCCC/C=C\C/C=C\CCCCCCC. The molecule has 454 valence electrons. The Labute approximate surface area is 489 Å². The highest BCUT2D eigenvalue weighted by Crippen LogP contribution is 2.16. The summed E-state index contributed by atoms with van der Waals surface area (Å²) >= 11 is 0. The van der Waals surface area contributed by atoms with Gasteiger partial charge in [-0.3, -0.25) is 14.4 Å². The second-order valence-electron chi connectivity index (χ2n) is 22.3. The number of hydrogen-bond acceptors (Lipinski definition) is 6. The van der Waals surface area contributed by atoms with Crippen molar-refractivity contribution in [2.75, 3.05) is 13.2 Å². The van der Waals surface area contributed by atoms with E-state index in [1.807, 2.05) is 0 Å². The number of carbonyl (C=O) groups is 3. The fourth-order valence-electron chi connectivity index (χ4n) is 9.50. The molecule has 79 heavy (non-hydrogen) atoms. The average Bonchev–Trinajstić information content (AvgIpc) is 3.45. The Balaban J connectivity index is 4.31. The highest BCUT2D eigenvalue weighted by atomic mass is 16.6. The molecule has 0 aromatic rings. The molecular weight excluding hydrogens is 973 g/mol. The summed E-state index contributed by atoms with van der Waals surface area (Å²) in [7, 11) is 0. The van der Waals surface area contributed by atoms with E-state index in [0.717, 1.165) is 122 Å².